The molecule has 2 aromatic rings. The summed E-state index contributed by atoms with van der Waals surface area (Å²) < 4.78 is 6.01. The monoisotopic (exact) mass is 393 g/mol. The Morgan fingerprint density at radius 2 is 2.11 bits per heavy atom. The molecule has 1 aromatic heterocycles. The van der Waals surface area contributed by atoms with E-state index in [1.54, 1.807) is 24.0 Å². The zero-order valence-electron chi connectivity index (χ0n) is 14.8. The standard InChI is InChI=1S/C17H20ClN5O4/c1-10(24)23-6-4-12(5-7-23)27-14-3-2-11(18)8-13(14)16(25)19-9-15-20-17(26)22-21-15/h2-3,8,12H,4-7,9H2,1H3,(H,19,25)(H2,20,21,22,26). The van der Waals surface area contributed by atoms with Gasteiger partial charge in [0, 0.05) is 37.9 Å². The lowest BCUT2D eigenvalue weighted by atomic mass is 10.1. The molecule has 27 heavy (non-hydrogen) atoms. The summed E-state index contributed by atoms with van der Waals surface area (Å²) in [5, 5.41) is 9.05. The molecule has 0 radical (unpaired) electrons. The predicted molar refractivity (Wildman–Crippen MR) is 97.7 cm³/mol. The Balaban J connectivity index is 1.66. The molecule has 0 atom stereocenters. The number of hydrogen-bond donors (Lipinski definition) is 3. The number of rotatable bonds is 5. The lowest BCUT2D eigenvalue weighted by Gasteiger charge is -2.31. The second-order valence-corrected chi connectivity index (χ2v) is 6.71. The molecule has 0 aliphatic carbocycles. The van der Waals surface area contributed by atoms with Crippen LogP contribution in [-0.4, -0.2) is 51.1 Å². The van der Waals surface area contributed by atoms with Crippen LogP contribution in [0.4, 0.5) is 0 Å². The molecule has 2 heterocycles. The van der Waals surface area contributed by atoms with E-state index in [0.29, 0.717) is 48.1 Å². The van der Waals surface area contributed by atoms with Crippen LogP contribution in [0, 0.1) is 0 Å². The van der Waals surface area contributed by atoms with Crippen LogP contribution in [-0.2, 0) is 11.3 Å². The molecule has 0 spiro atoms. The fourth-order valence-electron chi connectivity index (χ4n) is 2.90. The maximum atomic E-state index is 12.5. The lowest BCUT2D eigenvalue weighted by Crippen LogP contribution is -2.40. The van der Waals surface area contributed by atoms with E-state index in [-0.39, 0.29) is 18.6 Å². The topological polar surface area (TPSA) is 120 Å². The van der Waals surface area contributed by atoms with E-state index in [1.807, 2.05) is 0 Å². The molecule has 1 aliphatic heterocycles. The average Bonchev–Trinajstić information content (AvgIpc) is 3.07. The fourth-order valence-corrected chi connectivity index (χ4v) is 3.07. The Morgan fingerprint density at radius 3 is 2.74 bits per heavy atom. The number of carbonyl (C=O) groups excluding carboxylic acids is 2. The molecule has 1 saturated heterocycles. The van der Waals surface area contributed by atoms with E-state index in [1.165, 1.54) is 6.07 Å². The summed E-state index contributed by atoms with van der Waals surface area (Å²) in [5.74, 6) is 0.400. The van der Waals surface area contributed by atoms with Crippen LogP contribution in [0.5, 0.6) is 5.75 Å². The number of amides is 2. The maximum Gasteiger partial charge on any atom is 0.340 e. The number of hydrogen-bond acceptors (Lipinski definition) is 5. The summed E-state index contributed by atoms with van der Waals surface area (Å²) in [4.78, 5) is 39.3. The van der Waals surface area contributed by atoms with Gasteiger partial charge >= 0.3 is 5.69 Å². The van der Waals surface area contributed by atoms with Crippen molar-refractivity contribution < 1.29 is 14.3 Å². The average molecular weight is 394 g/mol. The SMILES string of the molecule is CC(=O)N1CCC(Oc2ccc(Cl)cc2C(=O)NCc2n[nH]c(=O)[nH]2)CC1. The van der Waals surface area contributed by atoms with Gasteiger partial charge in [-0.15, -0.1) is 0 Å². The highest BCUT2D eigenvalue weighted by molar-refractivity contribution is 6.31. The van der Waals surface area contributed by atoms with Crippen LogP contribution in [0.25, 0.3) is 0 Å². The summed E-state index contributed by atoms with van der Waals surface area (Å²) in [5.41, 5.74) is -0.141. The molecule has 0 unspecified atom stereocenters. The summed E-state index contributed by atoms with van der Waals surface area (Å²) in [7, 11) is 0. The quantitative estimate of drug-likeness (QED) is 0.701. The van der Waals surface area contributed by atoms with E-state index >= 15 is 0 Å². The minimum absolute atomic E-state index is 0.0522. The van der Waals surface area contributed by atoms with Gasteiger partial charge in [-0.1, -0.05) is 11.6 Å². The Kier molecular flexibility index (Phi) is 5.80. The molecular weight excluding hydrogens is 374 g/mol. The van der Waals surface area contributed by atoms with Gasteiger partial charge in [0.1, 0.15) is 17.7 Å². The minimum atomic E-state index is -0.442. The number of carbonyl (C=O) groups is 2. The Hall–Kier alpha value is -2.81. The van der Waals surface area contributed by atoms with Gasteiger partial charge in [-0.25, -0.2) is 9.89 Å². The summed E-state index contributed by atoms with van der Waals surface area (Å²) in [6.07, 6.45) is 1.30. The molecule has 2 amide bonds. The van der Waals surface area contributed by atoms with Crippen LogP contribution in [0.1, 0.15) is 35.9 Å². The Bertz CT molecular complexity index is 885. The maximum absolute atomic E-state index is 12.5. The molecule has 1 aliphatic rings. The first-order chi connectivity index (χ1) is 12.9. The highest BCUT2D eigenvalue weighted by Crippen LogP contribution is 2.26. The van der Waals surface area contributed by atoms with Gasteiger partial charge in [-0.2, -0.15) is 5.10 Å². The van der Waals surface area contributed by atoms with Crippen LogP contribution < -0.4 is 15.7 Å². The summed E-state index contributed by atoms with van der Waals surface area (Å²) in [6.45, 7) is 2.86. The minimum Gasteiger partial charge on any atom is -0.489 e. The van der Waals surface area contributed by atoms with Crippen LogP contribution in [0.2, 0.25) is 5.02 Å². The van der Waals surface area contributed by atoms with Crippen molar-refractivity contribution in [2.75, 3.05) is 13.1 Å². The molecule has 144 valence electrons. The van der Waals surface area contributed by atoms with Gasteiger partial charge in [0.2, 0.25) is 5.91 Å². The molecular formula is C17H20ClN5O4. The number of halogens is 1. The molecule has 1 fully saturated rings. The summed E-state index contributed by atoms with van der Waals surface area (Å²) >= 11 is 6.03. The highest BCUT2D eigenvalue weighted by Gasteiger charge is 2.24. The number of piperidine rings is 1. The van der Waals surface area contributed by atoms with Crippen molar-refractivity contribution in [1.82, 2.24) is 25.4 Å². The van der Waals surface area contributed by atoms with Crippen molar-refractivity contribution >= 4 is 23.4 Å². The first-order valence-electron chi connectivity index (χ1n) is 8.56. The molecule has 0 saturated carbocycles. The van der Waals surface area contributed by atoms with E-state index in [0.717, 1.165) is 0 Å². The number of aromatic nitrogens is 3. The number of ether oxygens (including phenoxy) is 1. The molecule has 0 bridgehead atoms. The number of nitrogens with one attached hydrogen (secondary N) is 3. The van der Waals surface area contributed by atoms with Crippen molar-refractivity contribution in [2.45, 2.75) is 32.4 Å². The van der Waals surface area contributed by atoms with Crippen molar-refractivity contribution in [2.24, 2.45) is 0 Å². The van der Waals surface area contributed by atoms with Crippen LogP contribution in [0.15, 0.2) is 23.0 Å². The number of aromatic amines is 2. The van der Waals surface area contributed by atoms with Crippen LogP contribution >= 0.6 is 11.6 Å². The normalized spacial score (nSPS) is 14.8. The zero-order chi connectivity index (χ0) is 19.4. The van der Waals surface area contributed by atoms with Crippen LogP contribution in [0.3, 0.4) is 0 Å². The third-order valence-electron chi connectivity index (χ3n) is 4.33. The molecule has 10 heteroatoms. The van der Waals surface area contributed by atoms with Crippen molar-refractivity contribution in [3.05, 3.63) is 45.1 Å². The van der Waals surface area contributed by atoms with Gasteiger partial charge in [0.25, 0.3) is 5.91 Å². The highest BCUT2D eigenvalue weighted by atomic mass is 35.5. The smallest absolute Gasteiger partial charge is 0.340 e. The fraction of sp³-hybridized carbons (Fsp3) is 0.412. The third-order valence-corrected chi connectivity index (χ3v) is 4.57. The second kappa shape index (κ2) is 8.26. The molecule has 9 nitrogen and oxygen atoms in total. The van der Waals surface area contributed by atoms with Crippen molar-refractivity contribution in [1.29, 1.82) is 0 Å². The molecule has 3 N–H and O–H groups in total. The lowest BCUT2D eigenvalue weighted by molar-refractivity contribution is -0.130. The second-order valence-electron chi connectivity index (χ2n) is 6.27. The van der Waals surface area contributed by atoms with Gasteiger partial charge in [-0.05, 0) is 18.2 Å². The van der Waals surface area contributed by atoms with Gasteiger partial charge in [0.15, 0.2) is 0 Å². The number of benzene rings is 1. The Labute approximate surface area is 160 Å². The van der Waals surface area contributed by atoms with Gasteiger partial charge < -0.3 is 15.0 Å². The van der Waals surface area contributed by atoms with Gasteiger partial charge in [-0.3, -0.25) is 14.6 Å². The third kappa shape index (κ3) is 4.88. The number of likely N-dealkylation sites (tertiary alicyclic amines) is 1. The van der Waals surface area contributed by atoms with E-state index in [9.17, 15) is 14.4 Å². The summed E-state index contributed by atoms with van der Waals surface area (Å²) in [6, 6.07) is 4.85. The molecule has 1 aromatic carbocycles. The zero-order valence-corrected chi connectivity index (χ0v) is 15.5. The Morgan fingerprint density at radius 1 is 1.37 bits per heavy atom. The van der Waals surface area contributed by atoms with E-state index < -0.39 is 11.6 Å². The van der Waals surface area contributed by atoms with Crippen molar-refractivity contribution in [3.63, 3.8) is 0 Å². The first-order valence-corrected chi connectivity index (χ1v) is 8.93. The number of H-pyrrole nitrogens is 2. The predicted octanol–water partition coefficient (Wildman–Crippen LogP) is 1.07. The molecule has 3 rings (SSSR count). The van der Waals surface area contributed by atoms with Gasteiger partial charge in [0.05, 0.1) is 12.1 Å². The van der Waals surface area contributed by atoms with E-state index in [4.69, 9.17) is 16.3 Å². The number of nitrogens with zero attached hydrogens (tertiary/aromatic N) is 2. The largest absolute Gasteiger partial charge is 0.489 e. The van der Waals surface area contributed by atoms with E-state index in [2.05, 4.69) is 20.5 Å². The van der Waals surface area contributed by atoms with Crippen molar-refractivity contribution in [3.8, 4) is 5.75 Å². The first kappa shape index (κ1) is 19.0.